The van der Waals surface area contributed by atoms with Crippen molar-refractivity contribution >= 4 is 15.8 Å². The lowest BCUT2D eigenvalue weighted by molar-refractivity contribution is -0.384. The van der Waals surface area contributed by atoms with Crippen LogP contribution < -0.4 is 14.2 Å². The van der Waals surface area contributed by atoms with Gasteiger partial charge in [0, 0.05) is 24.3 Å². The topological polar surface area (TPSA) is 133 Å². The molecule has 0 fully saturated rings. The molecule has 1 heterocycles. The zero-order valence-corrected chi connectivity index (χ0v) is 20.0. The van der Waals surface area contributed by atoms with Gasteiger partial charge in [0.15, 0.2) is 11.5 Å². The van der Waals surface area contributed by atoms with E-state index in [0.717, 1.165) is 48.2 Å². The Labute approximate surface area is 197 Å². The van der Waals surface area contributed by atoms with Gasteiger partial charge in [0.05, 0.1) is 51.0 Å². The quantitative estimate of drug-likeness (QED) is 0.197. The lowest BCUT2D eigenvalue weighted by Gasteiger charge is -2.23. The molecule has 1 aliphatic heterocycles. The fourth-order valence-corrected chi connectivity index (χ4v) is 4.58. The summed E-state index contributed by atoms with van der Waals surface area (Å²) in [6, 6.07) is 6.35. The summed E-state index contributed by atoms with van der Waals surface area (Å²) in [5.41, 5.74) is 1.59. The Bertz CT molecular complexity index is 1100. The largest absolute Gasteiger partial charge is 0.493 e. The predicted octanol–water partition coefficient (Wildman–Crippen LogP) is 3.05. The molecule has 0 N–H and O–H groups in total. The molecule has 1 atom stereocenters. The minimum absolute atomic E-state index is 0.0169. The van der Waals surface area contributed by atoms with Crippen LogP contribution in [0.4, 0.5) is 5.69 Å². The van der Waals surface area contributed by atoms with Crippen molar-refractivity contribution in [3.63, 3.8) is 0 Å². The van der Waals surface area contributed by atoms with Crippen LogP contribution in [0.2, 0.25) is 0 Å². The molecule has 0 aliphatic carbocycles. The number of nitrogens with zero attached hydrogens (tertiary/aromatic N) is 1. The molecular weight excluding hydrogens is 470 g/mol. The lowest BCUT2D eigenvalue weighted by Crippen LogP contribution is -2.17. The van der Waals surface area contributed by atoms with Crippen LogP contribution in [-0.2, 0) is 30.2 Å². The predicted molar refractivity (Wildman–Crippen MR) is 120 cm³/mol. The van der Waals surface area contributed by atoms with Gasteiger partial charge in [0.2, 0.25) is 5.75 Å². The Morgan fingerprint density at radius 3 is 2.38 bits per heavy atom. The van der Waals surface area contributed by atoms with Crippen LogP contribution in [0.1, 0.15) is 23.7 Å². The SMILES string of the molecule is COc1cc2c(c(OC)c1OC)C(COCCOS(=O)(=O)c1ccc([N+](=O)[O-])cc1)OCCC2. The first-order valence-electron chi connectivity index (χ1n) is 10.5. The fraction of sp³-hybridized carbons (Fsp3) is 0.455. The van der Waals surface area contributed by atoms with Gasteiger partial charge in [-0.25, -0.2) is 0 Å². The summed E-state index contributed by atoms with van der Waals surface area (Å²) < 4.78 is 57.7. The number of methoxy groups -OCH3 is 3. The molecule has 2 aromatic carbocycles. The molecule has 0 saturated carbocycles. The number of rotatable bonds is 11. The average molecular weight is 498 g/mol. The molecule has 0 amide bonds. The van der Waals surface area contributed by atoms with Crippen molar-refractivity contribution in [2.24, 2.45) is 0 Å². The smallest absolute Gasteiger partial charge is 0.297 e. The van der Waals surface area contributed by atoms with E-state index >= 15 is 0 Å². The normalized spacial score (nSPS) is 15.8. The van der Waals surface area contributed by atoms with Crippen molar-refractivity contribution < 1.29 is 41.2 Å². The molecule has 0 aromatic heterocycles. The van der Waals surface area contributed by atoms with Crippen LogP contribution in [-0.4, -0.2) is 61.1 Å². The first-order chi connectivity index (χ1) is 16.3. The highest BCUT2D eigenvalue weighted by molar-refractivity contribution is 7.86. The van der Waals surface area contributed by atoms with Gasteiger partial charge in [-0.15, -0.1) is 0 Å². The number of aryl methyl sites for hydroxylation is 1. The van der Waals surface area contributed by atoms with Gasteiger partial charge in [0.25, 0.3) is 15.8 Å². The van der Waals surface area contributed by atoms with E-state index in [1.807, 2.05) is 6.07 Å². The molecular formula is C22H27NO10S. The summed E-state index contributed by atoms with van der Waals surface area (Å²) in [4.78, 5) is 9.93. The maximum Gasteiger partial charge on any atom is 0.297 e. The van der Waals surface area contributed by atoms with Crippen LogP contribution in [0, 0.1) is 10.1 Å². The molecule has 0 bridgehead atoms. The highest BCUT2D eigenvalue weighted by Crippen LogP contribution is 2.46. The van der Waals surface area contributed by atoms with E-state index in [1.165, 1.54) is 14.2 Å². The molecule has 0 spiro atoms. The number of fused-ring (bicyclic) bond motifs is 1. The number of hydrogen-bond donors (Lipinski definition) is 0. The summed E-state index contributed by atoms with van der Waals surface area (Å²) in [5, 5.41) is 10.7. The molecule has 1 aliphatic rings. The minimum Gasteiger partial charge on any atom is -0.493 e. The number of nitro groups is 1. The molecule has 0 saturated heterocycles. The maximum atomic E-state index is 12.3. The number of hydrogen-bond acceptors (Lipinski definition) is 10. The van der Waals surface area contributed by atoms with E-state index in [4.69, 9.17) is 27.9 Å². The van der Waals surface area contributed by atoms with Crippen molar-refractivity contribution in [2.45, 2.75) is 23.8 Å². The van der Waals surface area contributed by atoms with Gasteiger partial charge in [0.1, 0.15) is 6.10 Å². The zero-order chi connectivity index (χ0) is 24.7. The first kappa shape index (κ1) is 25.7. The van der Waals surface area contributed by atoms with Gasteiger partial charge in [-0.2, -0.15) is 8.42 Å². The number of ether oxygens (including phenoxy) is 5. The summed E-state index contributed by atoms with van der Waals surface area (Å²) in [5.74, 6) is 1.52. The van der Waals surface area contributed by atoms with Crippen molar-refractivity contribution in [1.29, 1.82) is 0 Å². The summed E-state index contributed by atoms with van der Waals surface area (Å²) >= 11 is 0. The van der Waals surface area contributed by atoms with E-state index < -0.39 is 21.1 Å². The van der Waals surface area contributed by atoms with Gasteiger partial charge in [-0.05, 0) is 36.6 Å². The zero-order valence-electron chi connectivity index (χ0n) is 19.1. The molecule has 12 heteroatoms. The Balaban J connectivity index is 1.64. The molecule has 1 unspecified atom stereocenters. The first-order valence-corrected chi connectivity index (χ1v) is 11.9. The third-order valence-corrected chi connectivity index (χ3v) is 6.58. The van der Waals surface area contributed by atoms with E-state index in [-0.39, 0.29) is 30.4 Å². The van der Waals surface area contributed by atoms with Crippen LogP contribution in [0.25, 0.3) is 0 Å². The molecule has 0 radical (unpaired) electrons. The number of benzene rings is 2. The van der Waals surface area contributed by atoms with Crippen molar-refractivity contribution in [3.8, 4) is 17.2 Å². The Hall–Kier alpha value is -2.93. The second kappa shape index (κ2) is 11.5. The van der Waals surface area contributed by atoms with Gasteiger partial charge in [-0.3, -0.25) is 14.3 Å². The Kier molecular flexibility index (Phi) is 8.67. The molecule has 186 valence electrons. The average Bonchev–Trinajstić information content (AvgIpc) is 3.04. The van der Waals surface area contributed by atoms with Gasteiger partial charge < -0.3 is 23.7 Å². The van der Waals surface area contributed by atoms with Crippen molar-refractivity contribution in [2.75, 3.05) is 47.8 Å². The van der Waals surface area contributed by atoms with Crippen LogP contribution in [0.5, 0.6) is 17.2 Å². The lowest BCUT2D eigenvalue weighted by atomic mass is 9.97. The second-order valence-electron chi connectivity index (χ2n) is 7.28. The van der Waals surface area contributed by atoms with Crippen molar-refractivity contribution in [3.05, 3.63) is 51.6 Å². The summed E-state index contributed by atoms with van der Waals surface area (Å²) in [7, 11) is 0.549. The molecule has 11 nitrogen and oxygen atoms in total. The van der Waals surface area contributed by atoms with Crippen molar-refractivity contribution in [1.82, 2.24) is 0 Å². The van der Waals surface area contributed by atoms with E-state index in [0.29, 0.717) is 23.9 Å². The van der Waals surface area contributed by atoms with Gasteiger partial charge >= 0.3 is 0 Å². The van der Waals surface area contributed by atoms with Crippen LogP contribution >= 0.6 is 0 Å². The third kappa shape index (κ3) is 5.76. The fourth-order valence-electron chi connectivity index (χ4n) is 3.69. The van der Waals surface area contributed by atoms with Crippen LogP contribution in [0.15, 0.2) is 35.2 Å². The van der Waals surface area contributed by atoms with E-state index in [2.05, 4.69) is 0 Å². The monoisotopic (exact) mass is 497 g/mol. The third-order valence-electron chi connectivity index (χ3n) is 5.26. The van der Waals surface area contributed by atoms with E-state index in [9.17, 15) is 18.5 Å². The molecule has 2 aromatic rings. The highest BCUT2D eigenvalue weighted by Gasteiger charge is 2.29. The van der Waals surface area contributed by atoms with E-state index in [1.54, 1.807) is 7.11 Å². The Morgan fingerprint density at radius 2 is 1.76 bits per heavy atom. The highest BCUT2D eigenvalue weighted by atomic mass is 32.2. The summed E-state index contributed by atoms with van der Waals surface area (Å²) in [6.07, 6.45) is 1.11. The number of non-ortho nitro benzene ring substituents is 1. The maximum absolute atomic E-state index is 12.3. The second-order valence-corrected chi connectivity index (χ2v) is 8.90. The van der Waals surface area contributed by atoms with Crippen LogP contribution in [0.3, 0.4) is 0 Å². The number of nitro benzene ring substituents is 1. The Morgan fingerprint density at radius 1 is 1.06 bits per heavy atom. The summed E-state index contributed by atoms with van der Waals surface area (Å²) in [6.45, 7) is 0.403. The molecule has 34 heavy (non-hydrogen) atoms. The van der Waals surface area contributed by atoms with Gasteiger partial charge in [-0.1, -0.05) is 0 Å². The standard InChI is InChI=1S/C22H27NO10S/c1-28-18-13-15-5-4-10-32-19(20(15)22(30-3)21(18)29-2)14-31-11-12-33-34(26,27)17-8-6-16(7-9-17)23(24)25/h6-9,13,19H,4-5,10-12,14H2,1-3H3. The molecule has 3 rings (SSSR count). The minimum atomic E-state index is -4.07.